The van der Waals surface area contributed by atoms with Crippen LogP contribution in [0.1, 0.15) is 103 Å². The molecule has 0 unspecified atom stereocenters. The monoisotopic (exact) mass is 904 g/mol. The Bertz CT molecular complexity index is 1370. The summed E-state index contributed by atoms with van der Waals surface area (Å²) in [6.45, 7) is 27.2. The van der Waals surface area contributed by atoms with Gasteiger partial charge in [0, 0.05) is 76.5 Å². The second-order valence-electron chi connectivity index (χ2n) is 18.0. The van der Waals surface area contributed by atoms with E-state index in [2.05, 4.69) is 111 Å². The standard InChI is InChI=1S/C40H81N13O6S2/c1-23(2)15-29(19-44-33(54)41-14)50-36(57)43-18-28(10)49-37(60)47-22-31(25(5)6)52-38(61)46-20-30(16-24(3)4)51-35(56)42-17-27(9)48-34(55)45-21-32(26(7)8)53-39(58)59-40(11,12)13/h23-32H,15-22H2,1-14H3,(H,53,58)(H2,41,44,54)(H2,42,51,56)(H2,43,50,57)(H2,45,48,55)(H2,46,52,61)(H2,47,49,60)/t27-,28-,29-,30-,31+,32+/m0/s1. The number of hydrogen-bond donors (Lipinski definition) is 13. The Morgan fingerprint density at radius 2 is 0.852 bits per heavy atom. The third-order valence-corrected chi connectivity index (χ3v) is 9.44. The minimum atomic E-state index is -0.636. The number of ether oxygens (including phenoxy) is 1. The highest BCUT2D eigenvalue weighted by molar-refractivity contribution is 7.80. The molecule has 0 aromatic rings. The van der Waals surface area contributed by atoms with Crippen molar-refractivity contribution in [1.82, 2.24) is 69.1 Å². The summed E-state index contributed by atoms with van der Waals surface area (Å²) in [6, 6.07) is -2.86. The van der Waals surface area contributed by atoms with Gasteiger partial charge >= 0.3 is 30.2 Å². The van der Waals surface area contributed by atoms with Crippen LogP contribution in [0, 0.1) is 23.7 Å². The molecule has 0 fully saturated rings. The Hall–Kier alpha value is -4.27. The van der Waals surface area contributed by atoms with Crippen molar-refractivity contribution >= 4 is 64.9 Å². The second kappa shape index (κ2) is 29.9. The summed E-state index contributed by atoms with van der Waals surface area (Å²) in [5.41, 5.74) is -0.636. The Morgan fingerprint density at radius 1 is 0.475 bits per heavy atom. The molecule has 21 heteroatoms. The van der Waals surface area contributed by atoms with Gasteiger partial charge in [0.25, 0.3) is 0 Å². The summed E-state index contributed by atoms with van der Waals surface area (Å²) < 4.78 is 5.34. The first-order valence-electron chi connectivity index (χ1n) is 21.5. The van der Waals surface area contributed by atoms with Gasteiger partial charge in [-0.15, -0.1) is 0 Å². The molecular weight excluding hydrogens is 823 g/mol. The van der Waals surface area contributed by atoms with Crippen LogP contribution in [0.3, 0.4) is 0 Å². The summed E-state index contributed by atoms with van der Waals surface area (Å²) >= 11 is 11.2. The minimum absolute atomic E-state index is 0.0450. The largest absolute Gasteiger partial charge is 0.444 e. The highest BCUT2D eigenvalue weighted by atomic mass is 32.1. The van der Waals surface area contributed by atoms with Gasteiger partial charge in [-0.25, -0.2) is 24.0 Å². The van der Waals surface area contributed by atoms with E-state index in [1.807, 2.05) is 20.8 Å². The molecular formula is C40H81N13O6S2. The number of carbonyl (C=O) groups excluding carboxylic acids is 5. The molecule has 61 heavy (non-hydrogen) atoms. The fraction of sp³-hybridized carbons (Fsp3) is 0.825. The lowest BCUT2D eigenvalue weighted by Gasteiger charge is -2.27. The van der Waals surface area contributed by atoms with Gasteiger partial charge in [0.05, 0.1) is 6.04 Å². The number of carbonyl (C=O) groups is 5. The van der Waals surface area contributed by atoms with Gasteiger partial charge in [-0.05, 0) is 95.6 Å². The zero-order chi connectivity index (χ0) is 46.9. The van der Waals surface area contributed by atoms with Crippen molar-refractivity contribution < 1.29 is 28.7 Å². The summed E-state index contributed by atoms with van der Waals surface area (Å²) in [4.78, 5) is 62.0. The lowest BCUT2D eigenvalue weighted by Crippen LogP contribution is -2.55. The molecule has 354 valence electrons. The van der Waals surface area contributed by atoms with E-state index in [1.54, 1.807) is 27.7 Å². The van der Waals surface area contributed by atoms with Crippen LogP contribution in [0.5, 0.6) is 0 Å². The number of alkyl carbamates (subject to hydrolysis) is 1. The maximum Gasteiger partial charge on any atom is 0.407 e. The molecule has 0 spiro atoms. The van der Waals surface area contributed by atoms with Crippen LogP contribution < -0.4 is 69.1 Å². The molecule has 0 aromatic carbocycles. The Labute approximate surface area is 376 Å². The van der Waals surface area contributed by atoms with Crippen molar-refractivity contribution in [3.8, 4) is 0 Å². The quantitative estimate of drug-likeness (QED) is 0.0625. The third-order valence-electron chi connectivity index (χ3n) is 8.91. The predicted octanol–water partition coefficient (Wildman–Crippen LogP) is 2.92. The first-order valence-corrected chi connectivity index (χ1v) is 22.3. The van der Waals surface area contributed by atoms with Gasteiger partial charge in [-0.2, -0.15) is 0 Å². The average Bonchev–Trinajstić information content (AvgIpc) is 3.12. The normalized spacial score (nSPS) is 14.3. The molecule has 0 radical (unpaired) electrons. The van der Waals surface area contributed by atoms with Crippen LogP contribution >= 0.6 is 24.4 Å². The maximum absolute atomic E-state index is 12.9. The van der Waals surface area contributed by atoms with E-state index in [0.717, 1.165) is 0 Å². The zero-order valence-electron chi connectivity index (χ0n) is 39.2. The van der Waals surface area contributed by atoms with E-state index in [9.17, 15) is 24.0 Å². The number of urea groups is 4. The molecule has 9 amide bonds. The van der Waals surface area contributed by atoms with Crippen molar-refractivity contribution in [1.29, 1.82) is 0 Å². The van der Waals surface area contributed by atoms with Crippen molar-refractivity contribution in [2.24, 2.45) is 23.7 Å². The smallest absolute Gasteiger partial charge is 0.407 e. The van der Waals surface area contributed by atoms with E-state index in [1.165, 1.54) is 7.05 Å². The topological polar surface area (TPSA) is 251 Å². The molecule has 0 aliphatic heterocycles. The van der Waals surface area contributed by atoms with Crippen LogP contribution in [0.25, 0.3) is 0 Å². The lowest BCUT2D eigenvalue weighted by atomic mass is 10.0. The summed E-state index contributed by atoms with van der Waals surface area (Å²) in [5, 5.41) is 39.2. The highest BCUT2D eigenvalue weighted by Gasteiger charge is 2.23. The van der Waals surface area contributed by atoms with Crippen molar-refractivity contribution in [2.45, 2.75) is 145 Å². The average molecular weight is 904 g/mol. The molecule has 6 atom stereocenters. The highest BCUT2D eigenvalue weighted by Crippen LogP contribution is 2.09. The van der Waals surface area contributed by atoms with Gasteiger partial charge in [-0.3, -0.25) is 0 Å². The molecule has 0 saturated carbocycles. The Kier molecular flexibility index (Phi) is 27.8. The number of thiocarbonyl (C=S) groups is 2. The van der Waals surface area contributed by atoms with E-state index >= 15 is 0 Å². The summed E-state index contributed by atoms with van der Waals surface area (Å²) in [6.07, 6.45) is 0.857. The lowest BCUT2D eigenvalue weighted by molar-refractivity contribution is 0.0490. The molecule has 0 bridgehead atoms. The van der Waals surface area contributed by atoms with Crippen molar-refractivity contribution in [3.63, 3.8) is 0 Å². The Morgan fingerprint density at radius 3 is 1.31 bits per heavy atom. The van der Waals surface area contributed by atoms with Crippen LogP contribution in [-0.4, -0.2) is 129 Å². The van der Waals surface area contributed by atoms with Gasteiger partial charge in [0.15, 0.2) is 10.2 Å². The first kappa shape index (κ1) is 56.7. The van der Waals surface area contributed by atoms with Crippen LogP contribution in [0.4, 0.5) is 24.0 Å². The van der Waals surface area contributed by atoms with E-state index in [-0.39, 0.29) is 79.3 Å². The molecule has 13 N–H and O–H groups in total. The first-order chi connectivity index (χ1) is 28.3. The van der Waals surface area contributed by atoms with Crippen LogP contribution in [-0.2, 0) is 4.74 Å². The summed E-state index contributed by atoms with van der Waals surface area (Å²) in [5.74, 6) is 0.858. The zero-order valence-corrected chi connectivity index (χ0v) is 40.8. The molecule has 0 saturated heterocycles. The van der Waals surface area contributed by atoms with Crippen molar-refractivity contribution in [3.05, 3.63) is 0 Å². The molecule has 0 rings (SSSR count). The van der Waals surface area contributed by atoms with Gasteiger partial charge in [0.1, 0.15) is 5.60 Å². The number of hydrogen-bond acceptors (Lipinski definition) is 8. The van der Waals surface area contributed by atoms with E-state index in [0.29, 0.717) is 61.1 Å². The van der Waals surface area contributed by atoms with Crippen LogP contribution in [0.2, 0.25) is 0 Å². The number of nitrogens with one attached hydrogen (secondary N) is 13. The molecule has 0 aromatic heterocycles. The van der Waals surface area contributed by atoms with Gasteiger partial charge in [0.2, 0.25) is 0 Å². The van der Waals surface area contributed by atoms with E-state index in [4.69, 9.17) is 29.2 Å². The second-order valence-corrected chi connectivity index (χ2v) is 18.9. The molecule has 0 aliphatic carbocycles. The predicted molar refractivity (Wildman–Crippen MR) is 252 cm³/mol. The fourth-order valence-corrected chi connectivity index (χ4v) is 6.17. The SMILES string of the molecule is CNC(=O)NC[C@H](CC(C)C)NC(=O)NC[C@H](C)NC(=S)NC[C@@H](NC(=S)NC[C@H](CC(C)C)NC(=O)NC[C@H](C)NC(=O)NC[C@@H](NC(=O)OC(C)(C)C)C(C)C)C(C)C. The van der Waals surface area contributed by atoms with Gasteiger partial charge < -0.3 is 73.9 Å². The molecule has 19 nitrogen and oxygen atoms in total. The summed E-state index contributed by atoms with van der Waals surface area (Å²) in [7, 11) is 1.54. The fourth-order valence-electron chi connectivity index (χ4n) is 5.65. The van der Waals surface area contributed by atoms with Crippen molar-refractivity contribution in [2.75, 3.05) is 46.3 Å². The Balaban J connectivity index is 4.86. The molecule has 0 aliphatic rings. The van der Waals surface area contributed by atoms with Crippen LogP contribution in [0.15, 0.2) is 0 Å². The maximum atomic E-state index is 12.9. The minimum Gasteiger partial charge on any atom is -0.444 e. The third kappa shape index (κ3) is 30.4. The number of rotatable bonds is 24. The molecule has 0 heterocycles. The van der Waals surface area contributed by atoms with Gasteiger partial charge in [-0.1, -0.05) is 55.4 Å². The van der Waals surface area contributed by atoms with E-state index < -0.39 is 17.7 Å². The number of amides is 9.